The quantitative estimate of drug-likeness (QED) is 0.511. The van der Waals surface area contributed by atoms with Gasteiger partial charge < -0.3 is 11.1 Å². The summed E-state index contributed by atoms with van der Waals surface area (Å²) >= 11 is 1.63. The lowest BCUT2D eigenvalue weighted by Crippen LogP contribution is -2.26. The molecule has 1 heterocycles. The number of rotatable bonds is 10. The summed E-state index contributed by atoms with van der Waals surface area (Å²) in [6.45, 7) is 4.76. The molecule has 20 heavy (non-hydrogen) atoms. The molecule has 0 fully saturated rings. The normalized spacial score (nSPS) is 10.8. The van der Waals surface area contributed by atoms with Crippen LogP contribution in [0.25, 0.3) is 0 Å². The number of unbranched alkanes of at least 4 members (excludes halogenated alkanes) is 1. The summed E-state index contributed by atoms with van der Waals surface area (Å²) in [5.41, 5.74) is 8.09. The van der Waals surface area contributed by atoms with E-state index in [-0.39, 0.29) is 5.91 Å². The van der Waals surface area contributed by atoms with Crippen molar-refractivity contribution in [3.8, 4) is 0 Å². The Bertz CT molecular complexity index is 418. The minimum absolute atomic E-state index is 0.0161. The smallest absolute Gasteiger partial charge is 0.227 e. The molecule has 0 unspecified atom stereocenters. The second kappa shape index (κ2) is 10.3. The second-order valence-corrected chi connectivity index (χ2v) is 5.19. The molecule has 0 atom stereocenters. The van der Waals surface area contributed by atoms with Crippen molar-refractivity contribution in [3.05, 3.63) is 35.0 Å². The number of ether oxygens (including phenoxy) is 1. The first kappa shape index (κ1) is 16.5. The first-order chi connectivity index (χ1) is 9.74. The molecule has 5 nitrogen and oxygen atoms in total. The van der Waals surface area contributed by atoms with Crippen LogP contribution in [0.5, 0.6) is 0 Å². The summed E-state index contributed by atoms with van der Waals surface area (Å²) in [4.78, 5) is 16.9. The lowest BCUT2D eigenvalue weighted by atomic mass is 10.3. The van der Waals surface area contributed by atoms with Crippen molar-refractivity contribution in [1.82, 2.24) is 10.3 Å². The molecule has 0 aliphatic heterocycles. The number of amides is 1. The number of hydrogen-bond acceptors (Lipinski definition) is 5. The molecule has 0 saturated carbocycles. The van der Waals surface area contributed by atoms with E-state index in [9.17, 15) is 4.79 Å². The molecule has 1 aromatic rings. The number of aromatic nitrogens is 1. The third-order valence-electron chi connectivity index (χ3n) is 2.67. The van der Waals surface area contributed by atoms with Crippen molar-refractivity contribution >= 4 is 17.2 Å². The Morgan fingerprint density at radius 2 is 2.50 bits per heavy atom. The lowest BCUT2D eigenvalue weighted by molar-refractivity contribution is -0.121. The average molecular weight is 296 g/mol. The fourth-order valence-electron chi connectivity index (χ4n) is 1.55. The highest BCUT2D eigenvalue weighted by Gasteiger charge is 2.06. The molecular formula is C14H22N3O2S+. The number of carbonyl (C=O) groups excluding carboxylic acids is 1. The number of nitrogens with two attached hydrogens (primary N) is 1. The van der Waals surface area contributed by atoms with Crippen LogP contribution in [0, 0.1) is 13.5 Å². The average Bonchev–Trinajstić information content (AvgIpc) is 2.83. The van der Waals surface area contributed by atoms with Crippen LogP contribution in [-0.2, 0) is 16.0 Å². The minimum Gasteiger partial charge on any atom is -0.405 e. The van der Waals surface area contributed by atoms with Crippen molar-refractivity contribution in [2.45, 2.75) is 32.6 Å². The van der Waals surface area contributed by atoms with E-state index in [1.165, 1.54) is 11.1 Å². The van der Waals surface area contributed by atoms with Gasteiger partial charge in [0.25, 0.3) is 0 Å². The molecular weight excluding hydrogens is 274 g/mol. The molecule has 0 radical (unpaired) electrons. The van der Waals surface area contributed by atoms with Crippen LogP contribution in [0.3, 0.4) is 0 Å². The Hall–Kier alpha value is -1.53. The zero-order chi connectivity index (χ0) is 14.6. The fourth-order valence-corrected chi connectivity index (χ4v) is 2.33. The second-order valence-electron chi connectivity index (χ2n) is 4.25. The minimum atomic E-state index is 0.0161. The Labute approximate surface area is 124 Å². The molecule has 0 aromatic carbocycles. The van der Waals surface area contributed by atoms with Gasteiger partial charge in [0.2, 0.25) is 12.5 Å². The molecule has 0 saturated heterocycles. The predicted molar refractivity (Wildman–Crippen MR) is 81.0 cm³/mol. The molecule has 0 bridgehead atoms. The van der Waals surface area contributed by atoms with Gasteiger partial charge in [-0.05, 0) is 13.1 Å². The van der Waals surface area contributed by atoms with Gasteiger partial charge in [-0.15, -0.1) is 11.3 Å². The lowest BCUT2D eigenvalue weighted by Gasteiger charge is -2.03. The maximum Gasteiger partial charge on any atom is 0.227 e. The van der Waals surface area contributed by atoms with E-state index in [1.54, 1.807) is 17.9 Å². The Kier molecular flexibility index (Phi) is 8.49. The molecule has 6 heteroatoms. The summed E-state index contributed by atoms with van der Waals surface area (Å²) in [6.07, 6.45) is 6.27. The summed E-state index contributed by atoms with van der Waals surface area (Å²) in [6, 6.07) is 0. The Balaban J connectivity index is 1.97. The van der Waals surface area contributed by atoms with Crippen molar-refractivity contribution in [2.75, 3.05) is 13.2 Å². The maximum absolute atomic E-state index is 11.5. The van der Waals surface area contributed by atoms with Gasteiger partial charge in [-0.1, -0.05) is 6.08 Å². The van der Waals surface area contributed by atoms with Gasteiger partial charge in [0.15, 0.2) is 0 Å². The van der Waals surface area contributed by atoms with E-state index in [4.69, 9.17) is 10.5 Å². The van der Waals surface area contributed by atoms with Crippen molar-refractivity contribution in [2.24, 2.45) is 5.73 Å². The number of aryl methyl sites for hydroxylation is 1. The van der Waals surface area contributed by atoms with E-state index in [0.29, 0.717) is 19.6 Å². The van der Waals surface area contributed by atoms with Crippen LogP contribution in [0.15, 0.2) is 17.8 Å². The van der Waals surface area contributed by atoms with Crippen LogP contribution in [-0.4, -0.2) is 24.0 Å². The van der Waals surface area contributed by atoms with Gasteiger partial charge in [-0.3, -0.25) is 4.79 Å². The molecule has 3 N–H and O–H groups in total. The molecule has 110 valence electrons. The van der Waals surface area contributed by atoms with Gasteiger partial charge in [-0.25, -0.2) is 4.98 Å². The molecule has 1 aromatic heterocycles. The van der Waals surface area contributed by atoms with Crippen LogP contribution < -0.4 is 11.1 Å². The number of nitrogens with one attached hydrogen (secondary N) is 1. The third kappa shape index (κ3) is 7.16. The van der Waals surface area contributed by atoms with Crippen molar-refractivity contribution in [3.63, 3.8) is 0 Å². The highest BCUT2D eigenvalue weighted by molar-refractivity contribution is 7.09. The zero-order valence-corrected chi connectivity index (χ0v) is 12.6. The summed E-state index contributed by atoms with van der Waals surface area (Å²) in [5, 5.41) is 2.88. The van der Waals surface area contributed by atoms with Gasteiger partial charge in [0.1, 0.15) is 13.0 Å². The third-order valence-corrected chi connectivity index (χ3v) is 3.67. The summed E-state index contributed by atoms with van der Waals surface area (Å²) in [5.74, 6) is 0.0161. The van der Waals surface area contributed by atoms with Crippen molar-refractivity contribution < 1.29 is 9.53 Å². The highest BCUT2D eigenvalue weighted by Crippen LogP contribution is 2.11. The predicted octanol–water partition coefficient (Wildman–Crippen LogP) is 1.93. The van der Waals surface area contributed by atoms with Crippen LogP contribution in [0.4, 0.5) is 0 Å². The molecule has 1 rings (SSSR count). The Morgan fingerprint density at radius 1 is 1.65 bits per heavy atom. The van der Waals surface area contributed by atoms with E-state index in [1.807, 2.05) is 18.5 Å². The number of allylic oxidation sites excluding steroid dienone is 1. The largest absolute Gasteiger partial charge is 0.405 e. The molecule has 1 amide bonds. The summed E-state index contributed by atoms with van der Waals surface area (Å²) in [7, 11) is 0. The van der Waals surface area contributed by atoms with E-state index in [0.717, 1.165) is 25.0 Å². The highest BCUT2D eigenvalue weighted by atomic mass is 32.1. The van der Waals surface area contributed by atoms with Gasteiger partial charge in [0.05, 0.1) is 17.6 Å². The number of thiazole rings is 1. The first-order valence-electron chi connectivity index (χ1n) is 6.69. The number of hydrogen-bond donors (Lipinski definition) is 2. The molecule has 0 aliphatic carbocycles. The monoisotopic (exact) mass is 296 g/mol. The van der Waals surface area contributed by atoms with Gasteiger partial charge >= 0.3 is 0 Å². The molecule has 0 aliphatic rings. The van der Waals surface area contributed by atoms with E-state index in [2.05, 4.69) is 10.3 Å². The van der Waals surface area contributed by atoms with E-state index >= 15 is 0 Å². The first-order valence-corrected chi connectivity index (χ1v) is 7.57. The topological polar surface area (TPSA) is 77.2 Å². The number of nitrogens with zero attached hydrogens (tertiary/aromatic N) is 1. The summed E-state index contributed by atoms with van der Waals surface area (Å²) < 4.78 is 5.25. The van der Waals surface area contributed by atoms with Gasteiger partial charge in [0, 0.05) is 24.3 Å². The van der Waals surface area contributed by atoms with Crippen LogP contribution in [0.2, 0.25) is 0 Å². The maximum atomic E-state index is 11.5. The fraction of sp³-hybridized carbons (Fsp3) is 0.500. The zero-order valence-electron chi connectivity index (χ0n) is 11.8. The Morgan fingerprint density at radius 3 is 3.20 bits per heavy atom. The van der Waals surface area contributed by atoms with Gasteiger partial charge in [-0.2, -0.15) is 4.74 Å². The van der Waals surface area contributed by atoms with Crippen molar-refractivity contribution in [1.29, 1.82) is 0 Å². The number of carbonyl (C=O) groups is 1. The standard InChI is InChI=1S/C14H21N3O2S/c1-12-13(20-11-17-12)5-8-16-14(18)6-10-19-9-4-2-3-7-15/h3,7,9,11H,2,4-6,8,10,15H2,1H3/p+1/b7-3-. The van der Waals surface area contributed by atoms with Crippen LogP contribution >= 0.6 is 11.3 Å². The van der Waals surface area contributed by atoms with Crippen LogP contribution in [0.1, 0.15) is 29.8 Å². The van der Waals surface area contributed by atoms with E-state index < -0.39 is 0 Å². The molecule has 0 spiro atoms. The SMILES string of the molecule is Cc1ncsc1CCNC(=O)CCO[CH+]CC/C=C\N.